The van der Waals surface area contributed by atoms with E-state index < -0.39 is 10.0 Å². The zero-order valence-corrected chi connectivity index (χ0v) is 17.8. The van der Waals surface area contributed by atoms with Crippen molar-refractivity contribution in [3.63, 3.8) is 0 Å². The number of nitrogens with zero attached hydrogens (tertiary/aromatic N) is 2. The SMILES string of the molecule is CC(C)C(CNC(=O)C1CCN(S(=O)(=O)c2cccnc2)CC1)c1ccccc1. The van der Waals surface area contributed by atoms with Crippen LogP contribution in [0.4, 0.5) is 0 Å². The molecule has 0 spiro atoms. The summed E-state index contributed by atoms with van der Waals surface area (Å²) in [7, 11) is -3.55. The molecule has 1 aliphatic rings. The number of aromatic nitrogens is 1. The predicted octanol–water partition coefficient (Wildman–Crippen LogP) is 3.04. The Morgan fingerprint density at radius 3 is 2.41 bits per heavy atom. The number of sulfonamides is 1. The molecular weight excluding hydrogens is 386 g/mol. The van der Waals surface area contributed by atoms with E-state index in [9.17, 15) is 13.2 Å². The zero-order valence-electron chi connectivity index (χ0n) is 17.0. The third kappa shape index (κ3) is 5.22. The van der Waals surface area contributed by atoms with Crippen LogP contribution in [0.1, 0.15) is 38.2 Å². The first-order chi connectivity index (χ1) is 13.9. The molecule has 1 aromatic heterocycles. The smallest absolute Gasteiger partial charge is 0.244 e. The van der Waals surface area contributed by atoms with Gasteiger partial charge in [0, 0.05) is 43.9 Å². The lowest BCUT2D eigenvalue weighted by atomic mass is 9.88. The van der Waals surface area contributed by atoms with Gasteiger partial charge in [-0.25, -0.2) is 8.42 Å². The molecule has 6 nitrogen and oxygen atoms in total. The minimum Gasteiger partial charge on any atom is -0.355 e. The molecule has 1 atom stereocenters. The highest BCUT2D eigenvalue weighted by Gasteiger charge is 2.32. The normalized spacial score (nSPS) is 17.2. The van der Waals surface area contributed by atoms with Crippen LogP contribution in [0.2, 0.25) is 0 Å². The lowest BCUT2D eigenvalue weighted by Gasteiger charge is -2.31. The first kappa shape index (κ1) is 21.5. The number of rotatable bonds is 7. The van der Waals surface area contributed by atoms with E-state index in [1.54, 1.807) is 18.3 Å². The molecule has 1 aliphatic heterocycles. The van der Waals surface area contributed by atoms with Crippen molar-refractivity contribution in [1.82, 2.24) is 14.6 Å². The molecule has 1 fully saturated rings. The minimum absolute atomic E-state index is 0.0185. The molecule has 29 heavy (non-hydrogen) atoms. The second-order valence-electron chi connectivity index (χ2n) is 7.87. The Labute approximate surface area is 173 Å². The van der Waals surface area contributed by atoms with E-state index in [4.69, 9.17) is 0 Å². The summed E-state index contributed by atoms with van der Waals surface area (Å²) in [5, 5.41) is 3.10. The summed E-state index contributed by atoms with van der Waals surface area (Å²) in [6.07, 6.45) is 3.98. The van der Waals surface area contributed by atoms with Crippen molar-refractivity contribution in [2.75, 3.05) is 19.6 Å². The van der Waals surface area contributed by atoms with Gasteiger partial charge in [-0.3, -0.25) is 9.78 Å². The van der Waals surface area contributed by atoms with Crippen molar-refractivity contribution in [1.29, 1.82) is 0 Å². The summed E-state index contributed by atoms with van der Waals surface area (Å²) in [5.74, 6) is 0.527. The fraction of sp³-hybridized carbons (Fsp3) is 0.455. The van der Waals surface area contributed by atoms with Gasteiger partial charge < -0.3 is 5.32 Å². The molecule has 0 aliphatic carbocycles. The summed E-state index contributed by atoms with van der Waals surface area (Å²) >= 11 is 0. The first-order valence-corrected chi connectivity index (χ1v) is 11.6. The molecule has 1 unspecified atom stereocenters. The summed E-state index contributed by atoms with van der Waals surface area (Å²) in [5.41, 5.74) is 1.22. The van der Waals surface area contributed by atoms with E-state index in [0.29, 0.717) is 38.4 Å². The molecule has 0 saturated carbocycles. The summed E-state index contributed by atoms with van der Waals surface area (Å²) in [4.78, 5) is 16.8. The molecule has 1 aromatic carbocycles. The maximum absolute atomic E-state index is 12.7. The highest BCUT2D eigenvalue weighted by Crippen LogP contribution is 2.26. The van der Waals surface area contributed by atoms with Gasteiger partial charge in [-0.1, -0.05) is 44.2 Å². The Kier molecular flexibility index (Phi) is 7.03. The largest absolute Gasteiger partial charge is 0.355 e. The molecule has 0 radical (unpaired) electrons. The van der Waals surface area contributed by atoms with Crippen LogP contribution >= 0.6 is 0 Å². The molecule has 3 rings (SSSR count). The number of benzene rings is 1. The van der Waals surface area contributed by atoms with Crippen LogP contribution in [-0.2, 0) is 14.8 Å². The van der Waals surface area contributed by atoms with Gasteiger partial charge in [-0.2, -0.15) is 4.31 Å². The first-order valence-electron chi connectivity index (χ1n) is 10.1. The van der Waals surface area contributed by atoms with E-state index in [-0.39, 0.29) is 22.6 Å². The summed E-state index contributed by atoms with van der Waals surface area (Å²) in [6, 6.07) is 13.4. The quantitative estimate of drug-likeness (QED) is 0.754. The minimum atomic E-state index is -3.55. The van der Waals surface area contributed by atoms with Gasteiger partial charge in [0.25, 0.3) is 0 Å². The van der Waals surface area contributed by atoms with Gasteiger partial charge in [0.15, 0.2) is 0 Å². The Bertz CT molecular complexity index is 893. The number of hydrogen-bond acceptors (Lipinski definition) is 4. The maximum Gasteiger partial charge on any atom is 0.244 e. The fourth-order valence-corrected chi connectivity index (χ4v) is 5.23. The lowest BCUT2D eigenvalue weighted by Crippen LogP contribution is -2.43. The molecule has 0 bridgehead atoms. The molecule has 2 heterocycles. The van der Waals surface area contributed by atoms with Gasteiger partial charge in [0.1, 0.15) is 4.90 Å². The Morgan fingerprint density at radius 1 is 1.14 bits per heavy atom. The number of amides is 1. The van der Waals surface area contributed by atoms with Gasteiger partial charge >= 0.3 is 0 Å². The average molecular weight is 416 g/mol. The molecule has 156 valence electrons. The number of piperidine rings is 1. The van der Waals surface area contributed by atoms with E-state index in [1.165, 1.54) is 16.1 Å². The number of nitrogens with one attached hydrogen (secondary N) is 1. The molecule has 1 saturated heterocycles. The van der Waals surface area contributed by atoms with Gasteiger partial charge in [-0.05, 0) is 36.5 Å². The standard InChI is InChI=1S/C22H29N3O3S/c1-17(2)21(18-7-4-3-5-8-18)16-24-22(26)19-10-13-25(14-11-19)29(27,28)20-9-6-12-23-15-20/h3-9,12,15,17,19,21H,10-11,13-14,16H2,1-2H3,(H,24,26). The Morgan fingerprint density at radius 2 is 1.83 bits per heavy atom. The van der Waals surface area contributed by atoms with Crippen molar-refractivity contribution < 1.29 is 13.2 Å². The maximum atomic E-state index is 12.7. The van der Waals surface area contributed by atoms with Crippen LogP contribution < -0.4 is 5.32 Å². The fourth-order valence-electron chi connectivity index (χ4n) is 3.80. The second kappa shape index (κ2) is 9.50. The van der Waals surface area contributed by atoms with E-state index in [0.717, 1.165) is 0 Å². The lowest BCUT2D eigenvalue weighted by molar-refractivity contribution is -0.126. The Balaban J connectivity index is 1.55. The van der Waals surface area contributed by atoms with Crippen LogP contribution in [-0.4, -0.2) is 43.2 Å². The average Bonchev–Trinajstić information content (AvgIpc) is 2.75. The van der Waals surface area contributed by atoms with Crippen LogP contribution in [0.3, 0.4) is 0 Å². The summed E-state index contributed by atoms with van der Waals surface area (Å²) in [6.45, 7) is 5.61. The zero-order chi connectivity index (χ0) is 20.9. The van der Waals surface area contributed by atoms with Gasteiger partial charge in [0.05, 0.1) is 0 Å². The van der Waals surface area contributed by atoms with Crippen molar-refractivity contribution in [3.8, 4) is 0 Å². The highest BCUT2D eigenvalue weighted by atomic mass is 32.2. The van der Waals surface area contributed by atoms with Crippen LogP contribution in [0.5, 0.6) is 0 Å². The monoisotopic (exact) mass is 415 g/mol. The number of carbonyl (C=O) groups excluding carboxylic acids is 1. The Hall–Kier alpha value is -2.25. The van der Waals surface area contributed by atoms with Gasteiger partial charge in [0.2, 0.25) is 15.9 Å². The molecular formula is C22H29N3O3S. The van der Waals surface area contributed by atoms with E-state index in [1.807, 2.05) is 18.2 Å². The van der Waals surface area contributed by atoms with Crippen LogP contribution in [0.15, 0.2) is 59.8 Å². The molecule has 7 heteroatoms. The van der Waals surface area contributed by atoms with Crippen molar-refractivity contribution in [2.24, 2.45) is 11.8 Å². The third-order valence-electron chi connectivity index (χ3n) is 5.63. The van der Waals surface area contributed by atoms with Crippen LogP contribution in [0.25, 0.3) is 0 Å². The number of hydrogen-bond donors (Lipinski definition) is 1. The molecule has 2 aromatic rings. The highest BCUT2D eigenvalue weighted by molar-refractivity contribution is 7.89. The topological polar surface area (TPSA) is 79.4 Å². The van der Waals surface area contributed by atoms with E-state index >= 15 is 0 Å². The molecule has 1 N–H and O–H groups in total. The number of pyridine rings is 1. The second-order valence-corrected chi connectivity index (χ2v) is 9.81. The number of carbonyl (C=O) groups is 1. The summed E-state index contributed by atoms with van der Waals surface area (Å²) < 4.78 is 26.8. The van der Waals surface area contributed by atoms with Crippen molar-refractivity contribution in [3.05, 3.63) is 60.4 Å². The van der Waals surface area contributed by atoms with Gasteiger partial charge in [-0.15, -0.1) is 0 Å². The van der Waals surface area contributed by atoms with Crippen LogP contribution in [0, 0.1) is 11.8 Å². The molecule has 1 amide bonds. The third-order valence-corrected chi connectivity index (χ3v) is 7.51. The van der Waals surface area contributed by atoms with Crippen molar-refractivity contribution >= 4 is 15.9 Å². The predicted molar refractivity (Wildman–Crippen MR) is 113 cm³/mol. The van der Waals surface area contributed by atoms with Crippen molar-refractivity contribution in [2.45, 2.75) is 37.5 Å². The van der Waals surface area contributed by atoms with E-state index in [2.05, 4.69) is 36.3 Å².